The zero-order valence-electron chi connectivity index (χ0n) is 15.0. The number of hydrogen-bond donors (Lipinski definition) is 1. The van der Waals surface area contributed by atoms with Gasteiger partial charge in [-0.15, -0.1) is 0 Å². The van der Waals surface area contributed by atoms with E-state index in [1.165, 1.54) is 14.2 Å². The summed E-state index contributed by atoms with van der Waals surface area (Å²) in [6.45, 7) is -0.301. The van der Waals surface area contributed by atoms with Crippen LogP contribution in [0.2, 0.25) is 0 Å². The van der Waals surface area contributed by atoms with Crippen LogP contribution in [0.3, 0.4) is 0 Å². The Balaban J connectivity index is 2.17. The largest absolute Gasteiger partial charge is 0.465 e. The van der Waals surface area contributed by atoms with Gasteiger partial charge in [-0.05, 0) is 17.7 Å². The maximum Gasteiger partial charge on any atom is 0.354 e. The predicted molar refractivity (Wildman–Crippen MR) is 99.5 cm³/mol. The molecule has 2 atom stereocenters. The number of benzene rings is 2. The quantitative estimate of drug-likeness (QED) is 0.814. The topological polar surface area (TPSA) is 88.4 Å². The molecule has 7 nitrogen and oxygen atoms in total. The van der Waals surface area contributed by atoms with Crippen molar-refractivity contribution >= 4 is 23.3 Å². The molecular weight excluding hydrogens is 348 g/mol. The van der Waals surface area contributed by atoms with E-state index in [-0.39, 0.29) is 12.3 Å². The van der Waals surface area contributed by atoms with Gasteiger partial charge in [-0.2, -0.15) is 5.10 Å². The van der Waals surface area contributed by atoms with Gasteiger partial charge in [0.1, 0.15) is 0 Å². The fraction of sp³-hybridized carbons (Fsp3) is 0.250. The van der Waals surface area contributed by atoms with Gasteiger partial charge in [-0.25, -0.2) is 9.59 Å². The summed E-state index contributed by atoms with van der Waals surface area (Å²) >= 11 is 0. The van der Waals surface area contributed by atoms with Crippen LogP contribution in [0.4, 0.5) is 5.69 Å². The van der Waals surface area contributed by atoms with Crippen LogP contribution in [0, 0.1) is 5.92 Å². The summed E-state index contributed by atoms with van der Waals surface area (Å²) in [6.07, 6.45) is 0. The Morgan fingerprint density at radius 3 is 2.26 bits per heavy atom. The molecule has 0 saturated carbocycles. The summed E-state index contributed by atoms with van der Waals surface area (Å²) in [4.78, 5) is 24.4. The van der Waals surface area contributed by atoms with E-state index in [2.05, 4.69) is 5.10 Å². The molecule has 3 rings (SSSR count). The molecule has 0 aromatic heterocycles. The van der Waals surface area contributed by atoms with Crippen LogP contribution in [-0.4, -0.2) is 43.6 Å². The summed E-state index contributed by atoms with van der Waals surface area (Å²) < 4.78 is 9.71. The minimum atomic E-state index is -0.618. The van der Waals surface area contributed by atoms with Gasteiger partial charge < -0.3 is 14.6 Å². The third-order valence-corrected chi connectivity index (χ3v) is 4.50. The molecule has 2 aromatic carbocycles. The average molecular weight is 368 g/mol. The van der Waals surface area contributed by atoms with Gasteiger partial charge in [-0.3, -0.25) is 5.01 Å². The van der Waals surface area contributed by atoms with E-state index in [1.54, 1.807) is 29.3 Å². The number of rotatable bonds is 5. The number of nitrogens with zero attached hydrogens (tertiary/aromatic N) is 2. The summed E-state index contributed by atoms with van der Waals surface area (Å²) in [5.41, 5.74) is 1.75. The van der Waals surface area contributed by atoms with E-state index >= 15 is 0 Å². The molecule has 0 aliphatic carbocycles. The third kappa shape index (κ3) is 3.41. The lowest BCUT2D eigenvalue weighted by Gasteiger charge is -2.28. The maximum absolute atomic E-state index is 12.2. The van der Waals surface area contributed by atoms with E-state index in [0.29, 0.717) is 11.3 Å². The van der Waals surface area contributed by atoms with Crippen molar-refractivity contribution in [3.05, 3.63) is 65.7 Å². The molecule has 0 spiro atoms. The van der Waals surface area contributed by atoms with Crippen molar-refractivity contribution in [2.45, 2.75) is 6.04 Å². The second-order valence-electron chi connectivity index (χ2n) is 5.97. The molecule has 27 heavy (non-hydrogen) atoms. The van der Waals surface area contributed by atoms with Crippen LogP contribution in [0.5, 0.6) is 0 Å². The fourth-order valence-corrected chi connectivity index (χ4v) is 3.24. The Kier molecular flexibility index (Phi) is 5.52. The highest BCUT2D eigenvalue weighted by Gasteiger charge is 2.43. The Morgan fingerprint density at radius 1 is 1.00 bits per heavy atom. The van der Waals surface area contributed by atoms with Crippen LogP contribution >= 0.6 is 0 Å². The molecule has 0 fully saturated rings. The van der Waals surface area contributed by atoms with Crippen molar-refractivity contribution in [2.24, 2.45) is 11.0 Å². The van der Waals surface area contributed by atoms with E-state index in [4.69, 9.17) is 9.47 Å². The Morgan fingerprint density at radius 2 is 1.63 bits per heavy atom. The van der Waals surface area contributed by atoms with Crippen molar-refractivity contribution < 1.29 is 24.2 Å². The van der Waals surface area contributed by atoms with Crippen LogP contribution < -0.4 is 5.01 Å². The summed E-state index contributed by atoms with van der Waals surface area (Å²) in [5, 5.41) is 16.0. The molecule has 0 bridgehead atoms. The number of carbonyl (C=O) groups is 2. The molecule has 2 aromatic rings. The average Bonchev–Trinajstić information content (AvgIpc) is 3.12. The molecule has 140 valence electrons. The van der Waals surface area contributed by atoms with Crippen LogP contribution in [0.15, 0.2) is 59.7 Å². The number of hydrogen-bond acceptors (Lipinski definition) is 7. The fourth-order valence-electron chi connectivity index (χ4n) is 3.24. The molecule has 1 heterocycles. The van der Waals surface area contributed by atoms with Crippen molar-refractivity contribution in [1.29, 1.82) is 0 Å². The zero-order valence-corrected chi connectivity index (χ0v) is 15.0. The second kappa shape index (κ2) is 8.01. The van der Waals surface area contributed by atoms with E-state index in [9.17, 15) is 14.7 Å². The number of ether oxygens (including phenoxy) is 2. The first kappa shape index (κ1) is 18.6. The lowest BCUT2D eigenvalue weighted by atomic mass is 9.90. The molecule has 1 aliphatic rings. The first-order valence-corrected chi connectivity index (χ1v) is 8.41. The van der Waals surface area contributed by atoms with Gasteiger partial charge in [0, 0.05) is 0 Å². The standard InChI is InChI=1S/C20H20N2O5/c1-26-19(24)14-10-6-7-11-16(14)22-18(13-8-4-3-5-9-13)15(12-23)17(21-22)20(25)27-2/h3-11,15,18,23H,12H2,1-2H3/t15-,18+/m1/s1. The third-order valence-electron chi connectivity index (χ3n) is 4.50. The minimum Gasteiger partial charge on any atom is -0.465 e. The number of para-hydroxylation sites is 1. The lowest BCUT2D eigenvalue weighted by Crippen LogP contribution is -2.31. The first-order valence-electron chi connectivity index (χ1n) is 8.41. The van der Waals surface area contributed by atoms with Gasteiger partial charge >= 0.3 is 11.9 Å². The Hall–Kier alpha value is -3.19. The molecule has 7 heteroatoms. The van der Waals surface area contributed by atoms with Crippen LogP contribution in [0.25, 0.3) is 0 Å². The number of esters is 2. The van der Waals surface area contributed by atoms with E-state index in [1.807, 2.05) is 30.3 Å². The SMILES string of the molecule is COC(=O)C1=NN(c2ccccc2C(=O)OC)[C@@H](c2ccccc2)[C@@H]1CO. The highest BCUT2D eigenvalue weighted by molar-refractivity contribution is 6.38. The number of methoxy groups -OCH3 is 2. The second-order valence-corrected chi connectivity index (χ2v) is 5.97. The highest BCUT2D eigenvalue weighted by Crippen LogP contribution is 2.40. The number of aliphatic hydroxyl groups is 1. The molecule has 0 amide bonds. The van der Waals surface area contributed by atoms with E-state index < -0.39 is 23.9 Å². The normalized spacial score (nSPS) is 18.8. The number of aliphatic hydroxyl groups excluding tert-OH is 1. The van der Waals surface area contributed by atoms with Crippen molar-refractivity contribution in [3.8, 4) is 0 Å². The maximum atomic E-state index is 12.2. The van der Waals surface area contributed by atoms with Gasteiger partial charge in [0.05, 0.1) is 44.0 Å². The number of anilines is 1. The first-order chi connectivity index (χ1) is 13.1. The Bertz CT molecular complexity index is 866. The molecule has 0 radical (unpaired) electrons. The molecule has 0 unspecified atom stereocenters. The molecule has 0 saturated heterocycles. The zero-order chi connectivity index (χ0) is 19.4. The summed E-state index contributed by atoms with van der Waals surface area (Å²) in [5.74, 6) is -1.74. The number of hydrazone groups is 1. The predicted octanol–water partition coefficient (Wildman–Crippen LogP) is 2.17. The van der Waals surface area contributed by atoms with Gasteiger partial charge in [0.15, 0.2) is 5.71 Å². The number of carbonyl (C=O) groups excluding carboxylic acids is 2. The van der Waals surface area contributed by atoms with Crippen LogP contribution in [-0.2, 0) is 14.3 Å². The monoisotopic (exact) mass is 368 g/mol. The smallest absolute Gasteiger partial charge is 0.354 e. The highest BCUT2D eigenvalue weighted by atomic mass is 16.5. The van der Waals surface area contributed by atoms with Crippen molar-refractivity contribution in [1.82, 2.24) is 0 Å². The van der Waals surface area contributed by atoms with Crippen LogP contribution in [0.1, 0.15) is 22.0 Å². The molecular formula is C20H20N2O5. The van der Waals surface area contributed by atoms with Crippen molar-refractivity contribution in [3.63, 3.8) is 0 Å². The molecule has 1 aliphatic heterocycles. The summed E-state index contributed by atoms with van der Waals surface area (Å²) in [6, 6.07) is 15.7. The minimum absolute atomic E-state index is 0.105. The van der Waals surface area contributed by atoms with E-state index in [0.717, 1.165) is 5.56 Å². The molecule has 1 N–H and O–H groups in total. The van der Waals surface area contributed by atoms with Gasteiger partial charge in [0.25, 0.3) is 0 Å². The van der Waals surface area contributed by atoms with Gasteiger partial charge in [-0.1, -0.05) is 42.5 Å². The van der Waals surface area contributed by atoms with Gasteiger partial charge in [0.2, 0.25) is 0 Å². The lowest BCUT2D eigenvalue weighted by molar-refractivity contribution is -0.133. The summed E-state index contributed by atoms with van der Waals surface area (Å²) in [7, 11) is 2.57. The van der Waals surface area contributed by atoms with Crippen molar-refractivity contribution in [2.75, 3.05) is 25.8 Å². The Labute approximate surface area is 156 Å².